The fourth-order valence-corrected chi connectivity index (χ4v) is 7.02. The van der Waals surface area contributed by atoms with E-state index in [1.807, 2.05) is 42.5 Å². The number of likely N-dealkylation sites (tertiary alicyclic amines) is 1. The van der Waals surface area contributed by atoms with Crippen LogP contribution >= 0.6 is 0 Å². The molecule has 0 saturated carbocycles. The molecular formula is C35H35F2N3O2S. The summed E-state index contributed by atoms with van der Waals surface area (Å²) in [6, 6.07) is 24.9. The Morgan fingerprint density at radius 3 is 2.47 bits per heavy atom. The molecule has 8 heteroatoms. The van der Waals surface area contributed by atoms with E-state index in [-0.39, 0.29) is 11.8 Å². The van der Waals surface area contributed by atoms with Crippen molar-refractivity contribution in [2.24, 2.45) is 0 Å². The third-order valence-corrected chi connectivity index (χ3v) is 9.52. The lowest BCUT2D eigenvalue weighted by molar-refractivity contribution is 0.0783. The van der Waals surface area contributed by atoms with Crippen molar-refractivity contribution in [3.8, 4) is 6.07 Å². The summed E-state index contributed by atoms with van der Waals surface area (Å²) in [7, 11) is 0.674. The summed E-state index contributed by atoms with van der Waals surface area (Å²) in [5, 5.41) is 11.1. The third-order valence-electron chi connectivity index (χ3n) is 8.53. The maximum absolute atomic E-state index is 14.3. The van der Waals surface area contributed by atoms with Gasteiger partial charge in [0.15, 0.2) is 11.6 Å². The van der Waals surface area contributed by atoms with Gasteiger partial charge in [0.2, 0.25) is 0 Å². The van der Waals surface area contributed by atoms with E-state index in [1.165, 1.54) is 6.07 Å². The molecule has 222 valence electrons. The van der Waals surface area contributed by atoms with Crippen LogP contribution in [0.5, 0.6) is 0 Å². The number of likely N-dealkylation sites (N-methyl/N-ethyl adjacent to an activating group) is 1. The van der Waals surface area contributed by atoms with E-state index in [9.17, 15) is 23.0 Å². The predicted octanol–water partition coefficient (Wildman–Crippen LogP) is 6.85. The lowest BCUT2D eigenvalue weighted by Gasteiger charge is -2.34. The van der Waals surface area contributed by atoms with Crippen LogP contribution in [0.1, 0.15) is 58.1 Å². The molecule has 0 aliphatic carbocycles. The number of benzene rings is 4. The average Bonchev–Trinajstić information content (AvgIpc) is 3.03. The van der Waals surface area contributed by atoms with Crippen molar-refractivity contribution >= 4 is 27.5 Å². The molecule has 2 atom stereocenters. The number of nitriles is 1. The Morgan fingerprint density at radius 1 is 1.02 bits per heavy atom. The van der Waals surface area contributed by atoms with Gasteiger partial charge in [0.05, 0.1) is 22.4 Å². The molecule has 0 N–H and O–H groups in total. The Bertz CT molecular complexity index is 1690. The molecule has 4 aromatic rings. The minimum atomic E-state index is -1.04. The number of carbonyl (C=O) groups is 1. The number of halogens is 2. The monoisotopic (exact) mass is 599 g/mol. The Labute approximate surface area is 254 Å². The smallest absolute Gasteiger partial charge is 0.254 e. The van der Waals surface area contributed by atoms with E-state index in [2.05, 4.69) is 17.0 Å². The number of piperidine rings is 1. The molecule has 0 radical (unpaired) electrons. The van der Waals surface area contributed by atoms with E-state index in [4.69, 9.17) is 0 Å². The van der Waals surface area contributed by atoms with Crippen LogP contribution in [0.25, 0.3) is 10.8 Å². The maximum atomic E-state index is 14.3. The van der Waals surface area contributed by atoms with Gasteiger partial charge in [0, 0.05) is 36.2 Å². The SMILES string of the molecule is CN(CC(CCN1CCC(c2ccccc2[S@](C)=O)CC1)c1ccc(F)c(F)c1)C(=O)c1cc(C#N)cc2ccccc12. The normalized spacial score (nSPS) is 15.6. The highest BCUT2D eigenvalue weighted by Crippen LogP contribution is 2.33. The van der Waals surface area contributed by atoms with Crippen molar-refractivity contribution in [3.05, 3.63) is 113 Å². The number of rotatable bonds is 9. The number of hydrogen-bond acceptors (Lipinski definition) is 4. The van der Waals surface area contributed by atoms with Gasteiger partial charge in [0.25, 0.3) is 5.91 Å². The molecule has 5 nitrogen and oxygen atoms in total. The highest BCUT2D eigenvalue weighted by Gasteiger charge is 2.26. The van der Waals surface area contributed by atoms with Crippen molar-refractivity contribution < 1.29 is 17.8 Å². The third kappa shape index (κ3) is 7.01. The van der Waals surface area contributed by atoms with Crippen LogP contribution in [-0.2, 0) is 10.8 Å². The Hall–Kier alpha value is -3.93. The topological polar surface area (TPSA) is 64.4 Å². The number of fused-ring (bicyclic) bond motifs is 1. The van der Waals surface area contributed by atoms with Crippen LogP contribution in [0.15, 0.2) is 83.8 Å². The van der Waals surface area contributed by atoms with Gasteiger partial charge in [-0.25, -0.2) is 8.78 Å². The van der Waals surface area contributed by atoms with Gasteiger partial charge in [-0.05, 0) is 97.0 Å². The predicted molar refractivity (Wildman–Crippen MR) is 167 cm³/mol. The summed E-state index contributed by atoms with van der Waals surface area (Å²) in [6.45, 7) is 2.80. The first kappa shape index (κ1) is 30.5. The Kier molecular flexibility index (Phi) is 9.64. The number of hydrogen-bond donors (Lipinski definition) is 0. The highest BCUT2D eigenvalue weighted by molar-refractivity contribution is 7.84. The summed E-state index contributed by atoms with van der Waals surface area (Å²) in [5.41, 5.74) is 2.65. The van der Waals surface area contributed by atoms with Crippen molar-refractivity contribution in [2.45, 2.75) is 36.0 Å². The van der Waals surface area contributed by atoms with Gasteiger partial charge in [-0.3, -0.25) is 9.00 Å². The first-order valence-corrected chi connectivity index (χ1v) is 16.1. The second-order valence-corrected chi connectivity index (χ2v) is 12.7. The van der Waals surface area contributed by atoms with Crippen LogP contribution in [0.2, 0.25) is 0 Å². The summed E-state index contributed by atoms with van der Waals surface area (Å²) in [4.78, 5) is 18.6. The second kappa shape index (κ2) is 13.6. The van der Waals surface area contributed by atoms with Crippen molar-refractivity contribution in [1.82, 2.24) is 9.80 Å². The molecule has 0 bridgehead atoms. The average molecular weight is 600 g/mol. The second-order valence-electron chi connectivity index (χ2n) is 11.3. The van der Waals surface area contributed by atoms with Crippen LogP contribution in [-0.4, -0.2) is 59.4 Å². The minimum Gasteiger partial charge on any atom is -0.341 e. The molecule has 1 amide bonds. The highest BCUT2D eigenvalue weighted by atomic mass is 32.2. The summed E-state index contributed by atoms with van der Waals surface area (Å²) in [6.07, 6.45) is 4.27. The molecular weight excluding hydrogens is 564 g/mol. The molecule has 1 heterocycles. The van der Waals surface area contributed by atoms with Crippen LogP contribution in [0.3, 0.4) is 0 Å². The van der Waals surface area contributed by atoms with Crippen LogP contribution in [0, 0.1) is 23.0 Å². The van der Waals surface area contributed by atoms with E-state index < -0.39 is 22.4 Å². The summed E-state index contributed by atoms with van der Waals surface area (Å²) >= 11 is 0. The number of nitrogens with zero attached hydrogens (tertiary/aromatic N) is 3. The molecule has 43 heavy (non-hydrogen) atoms. The molecule has 0 aromatic heterocycles. The summed E-state index contributed by atoms with van der Waals surface area (Å²) in [5.74, 6) is -1.91. The van der Waals surface area contributed by atoms with Gasteiger partial charge in [-0.2, -0.15) is 5.26 Å². The van der Waals surface area contributed by atoms with Crippen LogP contribution in [0.4, 0.5) is 8.78 Å². The first-order chi connectivity index (χ1) is 20.7. The zero-order valence-corrected chi connectivity index (χ0v) is 25.2. The maximum Gasteiger partial charge on any atom is 0.254 e. The van der Waals surface area contributed by atoms with Crippen molar-refractivity contribution in [3.63, 3.8) is 0 Å². The van der Waals surface area contributed by atoms with Gasteiger partial charge in [-0.15, -0.1) is 0 Å². The number of carbonyl (C=O) groups excluding carboxylic acids is 1. The number of amides is 1. The standard InChI is InChI=1S/C35H35F2N3O2S/c1-39(35(41)31-20-24(22-38)19-27-7-3-4-8-29(27)31)23-28(26-11-12-32(36)33(37)21-26)15-18-40-16-13-25(14-17-40)30-9-5-6-10-34(30)43(2)42/h3-12,19-21,25,28H,13-18,23H2,1-2H3/t28?,43-/m0/s1. The van der Waals surface area contributed by atoms with E-state index >= 15 is 0 Å². The fourth-order valence-electron chi connectivity index (χ4n) is 6.19. The molecule has 4 aromatic carbocycles. The molecule has 1 aliphatic rings. The molecule has 1 unspecified atom stereocenters. The van der Waals surface area contributed by atoms with E-state index in [1.54, 1.807) is 36.4 Å². The molecule has 5 rings (SSSR count). The van der Waals surface area contributed by atoms with E-state index in [0.29, 0.717) is 35.6 Å². The van der Waals surface area contributed by atoms with Gasteiger partial charge in [0.1, 0.15) is 0 Å². The van der Waals surface area contributed by atoms with Crippen LogP contribution < -0.4 is 0 Å². The van der Waals surface area contributed by atoms with Gasteiger partial charge in [-0.1, -0.05) is 48.5 Å². The molecule has 0 spiro atoms. The Morgan fingerprint density at radius 2 is 1.74 bits per heavy atom. The lowest BCUT2D eigenvalue weighted by Crippen LogP contribution is -2.36. The van der Waals surface area contributed by atoms with Gasteiger partial charge < -0.3 is 9.80 Å². The lowest BCUT2D eigenvalue weighted by atomic mass is 9.88. The molecule has 1 saturated heterocycles. The summed E-state index contributed by atoms with van der Waals surface area (Å²) < 4.78 is 40.4. The van der Waals surface area contributed by atoms with Crippen molar-refractivity contribution in [1.29, 1.82) is 5.26 Å². The van der Waals surface area contributed by atoms with Gasteiger partial charge >= 0.3 is 0 Å². The van der Waals surface area contributed by atoms with Crippen molar-refractivity contribution in [2.75, 3.05) is 39.5 Å². The minimum absolute atomic E-state index is 0.226. The zero-order valence-electron chi connectivity index (χ0n) is 24.4. The molecule has 1 fully saturated rings. The largest absolute Gasteiger partial charge is 0.341 e. The first-order valence-electron chi connectivity index (χ1n) is 14.5. The Balaban J connectivity index is 1.31. The zero-order chi connectivity index (χ0) is 30.5. The quantitative estimate of drug-likeness (QED) is 0.211. The van der Waals surface area contributed by atoms with E-state index in [0.717, 1.165) is 59.8 Å². The fraction of sp³-hybridized carbons (Fsp3) is 0.314. The molecule has 1 aliphatic heterocycles.